The molecule has 2 heterocycles. The Hall–Kier alpha value is -2.66. The highest BCUT2D eigenvalue weighted by atomic mass is 16.3. The lowest BCUT2D eigenvalue weighted by atomic mass is 10.1. The number of nitrogens with one attached hydrogen (secondary N) is 2. The van der Waals surface area contributed by atoms with Crippen molar-refractivity contribution in [3.63, 3.8) is 0 Å². The van der Waals surface area contributed by atoms with Crippen molar-refractivity contribution in [1.29, 1.82) is 0 Å². The molecule has 0 unspecified atom stereocenters. The maximum Gasteiger partial charge on any atom is 0.225 e. The molecule has 3 aromatic rings. The molecule has 1 aliphatic rings. The molecule has 3 N–H and O–H groups in total. The summed E-state index contributed by atoms with van der Waals surface area (Å²) in [6.07, 6.45) is 3.81. The molecule has 0 saturated heterocycles. The second-order valence-corrected chi connectivity index (χ2v) is 5.91. The van der Waals surface area contributed by atoms with E-state index in [1.54, 1.807) is 6.20 Å². The van der Waals surface area contributed by atoms with Crippen LogP contribution in [0.15, 0.2) is 48.8 Å². The summed E-state index contributed by atoms with van der Waals surface area (Å²) in [4.78, 5) is 19.7. The van der Waals surface area contributed by atoms with E-state index in [0.29, 0.717) is 6.42 Å². The highest BCUT2D eigenvalue weighted by molar-refractivity contribution is 5.87. The largest absolute Gasteiger partial charge is 0.390 e. The van der Waals surface area contributed by atoms with Crippen LogP contribution in [-0.4, -0.2) is 27.1 Å². The maximum absolute atomic E-state index is 12.4. The number of rotatable bonds is 3. The minimum atomic E-state index is -0.569. The fourth-order valence-electron chi connectivity index (χ4n) is 3.30. The highest BCUT2D eigenvalue weighted by Crippen LogP contribution is 2.31. The molecule has 0 bridgehead atoms. The van der Waals surface area contributed by atoms with Gasteiger partial charge in [-0.2, -0.15) is 0 Å². The number of amides is 1. The smallest absolute Gasteiger partial charge is 0.225 e. The van der Waals surface area contributed by atoms with Gasteiger partial charge in [-0.3, -0.25) is 4.79 Å². The van der Waals surface area contributed by atoms with Gasteiger partial charge in [0.25, 0.3) is 0 Å². The van der Waals surface area contributed by atoms with Crippen molar-refractivity contribution < 1.29 is 9.90 Å². The van der Waals surface area contributed by atoms with Gasteiger partial charge in [0.2, 0.25) is 5.91 Å². The van der Waals surface area contributed by atoms with Crippen LogP contribution in [0.25, 0.3) is 11.0 Å². The minimum absolute atomic E-state index is 0.101. The molecule has 5 heteroatoms. The fourth-order valence-corrected chi connectivity index (χ4v) is 3.30. The van der Waals surface area contributed by atoms with Gasteiger partial charge in [0.05, 0.1) is 18.6 Å². The van der Waals surface area contributed by atoms with Crippen LogP contribution >= 0.6 is 0 Å². The number of pyridine rings is 1. The Kier molecular flexibility index (Phi) is 3.35. The monoisotopic (exact) mass is 307 g/mol. The zero-order valence-electron chi connectivity index (χ0n) is 12.5. The zero-order valence-corrected chi connectivity index (χ0v) is 12.5. The van der Waals surface area contributed by atoms with Crippen LogP contribution in [-0.2, 0) is 17.6 Å². The van der Waals surface area contributed by atoms with Gasteiger partial charge in [0.1, 0.15) is 5.65 Å². The van der Waals surface area contributed by atoms with Gasteiger partial charge in [-0.1, -0.05) is 24.3 Å². The van der Waals surface area contributed by atoms with Crippen molar-refractivity contribution in [2.24, 2.45) is 0 Å². The molecule has 4 rings (SSSR count). The molecule has 0 radical (unpaired) electrons. The number of fused-ring (bicyclic) bond motifs is 2. The summed E-state index contributed by atoms with van der Waals surface area (Å²) in [5.41, 5.74) is 3.79. The second kappa shape index (κ2) is 5.52. The molecule has 5 nitrogen and oxygen atoms in total. The number of benzene rings is 1. The average Bonchev–Trinajstić information content (AvgIpc) is 3.10. The molecule has 0 fully saturated rings. The Bertz CT molecular complexity index is 871. The van der Waals surface area contributed by atoms with E-state index in [1.807, 2.05) is 42.6 Å². The number of aromatic nitrogens is 2. The van der Waals surface area contributed by atoms with Crippen molar-refractivity contribution in [3.05, 3.63) is 65.5 Å². The summed E-state index contributed by atoms with van der Waals surface area (Å²) in [5, 5.41) is 14.1. The van der Waals surface area contributed by atoms with Crippen molar-refractivity contribution in [2.75, 3.05) is 0 Å². The fraction of sp³-hybridized carbons (Fsp3) is 0.222. The van der Waals surface area contributed by atoms with Crippen LogP contribution in [0.5, 0.6) is 0 Å². The number of carbonyl (C=O) groups is 1. The number of aliphatic hydroxyl groups is 1. The van der Waals surface area contributed by atoms with Crippen LogP contribution in [0, 0.1) is 0 Å². The van der Waals surface area contributed by atoms with Gasteiger partial charge in [-0.05, 0) is 28.8 Å². The summed E-state index contributed by atoms with van der Waals surface area (Å²) >= 11 is 0. The number of hydrogen-bond donors (Lipinski definition) is 3. The van der Waals surface area contributed by atoms with Gasteiger partial charge in [-0.25, -0.2) is 4.98 Å². The van der Waals surface area contributed by atoms with E-state index in [4.69, 9.17) is 0 Å². The normalized spacial score (nSPS) is 19.7. The standard InChI is InChI=1S/C18H17N3O2/c22-15-8-11-4-1-2-5-13(11)17(15)21-16(23)9-12-10-20-18-14(12)6-3-7-19-18/h1-7,10,15,17,22H,8-9H2,(H,19,20)(H,21,23)/t15-,17+/m0/s1. The number of aromatic amines is 1. The Morgan fingerprint density at radius 1 is 1.30 bits per heavy atom. The van der Waals surface area contributed by atoms with E-state index < -0.39 is 6.10 Å². The lowest BCUT2D eigenvalue weighted by molar-refractivity contribution is -0.121. The topological polar surface area (TPSA) is 78.0 Å². The minimum Gasteiger partial charge on any atom is -0.390 e. The Morgan fingerprint density at radius 3 is 3.09 bits per heavy atom. The first-order valence-electron chi connectivity index (χ1n) is 7.68. The first-order chi connectivity index (χ1) is 11.2. The first kappa shape index (κ1) is 14.0. The van der Waals surface area contributed by atoms with Crippen molar-refractivity contribution in [1.82, 2.24) is 15.3 Å². The highest BCUT2D eigenvalue weighted by Gasteiger charge is 2.31. The Morgan fingerprint density at radius 2 is 2.17 bits per heavy atom. The van der Waals surface area contributed by atoms with Gasteiger partial charge in [0, 0.05) is 24.2 Å². The molecule has 2 aromatic heterocycles. The Labute approximate surface area is 133 Å². The molecule has 0 spiro atoms. The third kappa shape index (κ3) is 2.49. The lowest BCUT2D eigenvalue weighted by Crippen LogP contribution is -2.34. The predicted octanol–water partition coefficient (Wildman–Crippen LogP) is 1.88. The third-order valence-corrected chi connectivity index (χ3v) is 4.41. The molecule has 0 aliphatic heterocycles. The molecule has 1 aromatic carbocycles. The summed E-state index contributed by atoms with van der Waals surface area (Å²) in [6.45, 7) is 0. The lowest BCUT2D eigenvalue weighted by Gasteiger charge is -2.17. The van der Waals surface area contributed by atoms with E-state index in [-0.39, 0.29) is 18.4 Å². The molecule has 1 amide bonds. The number of nitrogens with zero attached hydrogens (tertiary/aromatic N) is 1. The van der Waals surface area contributed by atoms with Gasteiger partial charge < -0.3 is 15.4 Å². The quantitative estimate of drug-likeness (QED) is 0.691. The number of H-pyrrole nitrogens is 1. The van der Waals surface area contributed by atoms with Gasteiger partial charge in [-0.15, -0.1) is 0 Å². The third-order valence-electron chi connectivity index (χ3n) is 4.41. The van der Waals surface area contributed by atoms with Gasteiger partial charge >= 0.3 is 0 Å². The van der Waals surface area contributed by atoms with Crippen LogP contribution in [0.4, 0.5) is 0 Å². The predicted molar refractivity (Wildman–Crippen MR) is 86.8 cm³/mol. The van der Waals surface area contributed by atoms with Crippen LogP contribution < -0.4 is 5.32 Å². The van der Waals surface area contributed by atoms with Crippen LogP contribution in [0.3, 0.4) is 0 Å². The molecule has 1 aliphatic carbocycles. The molecule has 23 heavy (non-hydrogen) atoms. The van der Waals surface area contributed by atoms with E-state index in [2.05, 4.69) is 15.3 Å². The summed E-state index contributed by atoms with van der Waals surface area (Å²) in [7, 11) is 0. The first-order valence-corrected chi connectivity index (χ1v) is 7.68. The SMILES string of the molecule is O=C(Cc1c[nH]c2ncccc12)N[C@@H]1c2ccccc2C[C@@H]1O. The second-order valence-electron chi connectivity index (χ2n) is 5.91. The number of hydrogen-bond acceptors (Lipinski definition) is 3. The molecule has 2 atom stereocenters. The van der Waals surface area contributed by atoms with Crippen molar-refractivity contribution in [3.8, 4) is 0 Å². The molecule has 116 valence electrons. The molecular weight excluding hydrogens is 290 g/mol. The van der Waals surface area contributed by atoms with Crippen molar-refractivity contribution in [2.45, 2.75) is 25.0 Å². The number of aliphatic hydroxyl groups excluding tert-OH is 1. The van der Waals surface area contributed by atoms with Gasteiger partial charge in [0.15, 0.2) is 0 Å². The van der Waals surface area contributed by atoms with Crippen LogP contribution in [0.2, 0.25) is 0 Å². The summed E-state index contributed by atoms with van der Waals surface area (Å²) < 4.78 is 0. The Balaban J connectivity index is 1.52. The number of carbonyl (C=O) groups excluding carboxylic acids is 1. The van der Waals surface area contributed by atoms with E-state index >= 15 is 0 Å². The summed E-state index contributed by atoms with van der Waals surface area (Å²) in [5.74, 6) is -0.101. The average molecular weight is 307 g/mol. The molecule has 0 saturated carbocycles. The maximum atomic E-state index is 12.4. The molecular formula is C18H17N3O2. The van der Waals surface area contributed by atoms with Crippen LogP contribution in [0.1, 0.15) is 22.7 Å². The zero-order chi connectivity index (χ0) is 15.8. The van der Waals surface area contributed by atoms with Crippen molar-refractivity contribution >= 4 is 16.9 Å². The summed E-state index contributed by atoms with van der Waals surface area (Å²) in [6, 6.07) is 11.3. The van der Waals surface area contributed by atoms with E-state index in [1.165, 1.54) is 0 Å². The van der Waals surface area contributed by atoms with E-state index in [0.717, 1.165) is 27.7 Å². The van der Waals surface area contributed by atoms with E-state index in [9.17, 15) is 9.90 Å².